The van der Waals surface area contributed by atoms with E-state index in [0.29, 0.717) is 11.3 Å². The van der Waals surface area contributed by atoms with E-state index in [9.17, 15) is 14.3 Å². The summed E-state index contributed by atoms with van der Waals surface area (Å²) in [5, 5.41) is 10.7. The van der Waals surface area contributed by atoms with Gasteiger partial charge in [0.1, 0.15) is 11.6 Å². The van der Waals surface area contributed by atoms with Crippen molar-refractivity contribution in [3.8, 4) is 0 Å². The first-order valence-corrected chi connectivity index (χ1v) is 5.15. The first-order valence-electron chi connectivity index (χ1n) is 5.15. The monoisotopic (exact) mass is 233 g/mol. The summed E-state index contributed by atoms with van der Waals surface area (Å²) in [7, 11) is 0. The molecule has 0 aliphatic rings. The van der Waals surface area contributed by atoms with Gasteiger partial charge in [-0.25, -0.2) is 4.39 Å². The van der Waals surface area contributed by atoms with Crippen LogP contribution in [0.3, 0.4) is 0 Å². The predicted molar refractivity (Wildman–Crippen MR) is 56.6 cm³/mol. The third kappa shape index (κ3) is 2.72. The second-order valence-corrected chi connectivity index (χ2v) is 3.70. The quantitative estimate of drug-likeness (QED) is 0.807. The van der Waals surface area contributed by atoms with Crippen LogP contribution < -0.4 is 5.11 Å². The van der Waals surface area contributed by atoms with E-state index in [4.69, 9.17) is 4.42 Å². The molecule has 88 valence electrons. The lowest BCUT2D eigenvalue weighted by molar-refractivity contribution is -0.306. The number of carbonyl (C=O) groups excluding carboxylic acids is 1. The summed E-state index contributed by atoms with van der Waals surface area (Å²) in [5.74, 6) is -1.45. The van der Waals surface area contributed by atoms with Gasteiger partial charge >= 0.3 is 0 Å². The Bertz CT molecular complexity index is 488. The molecular weight excluding hydrogens is 223 g/mol. The summed E-state index contributed by atoms with van der Waals surface area (Å²) >= 11 is 0. The lowest BCUT2D eigenvalue weighted by Gasteiger charge is -2.15. The van der Waals surface area contributed by atoms with E-state index >= 15 is 0 Å². The van der Waals surface area contributed by atoms with E-state index in [1.165, 1.54) is 18.4 Å². The van der Waals surface area contributed by atoms with Crippen molar-refractivity contribution >= 4 is 5.97 Å². The molecule has 1 atom stereocenters. The Hall–Kier alpha value is -2.10. The molecule has 1 aromatic heterocycles. The van der Waals surface area contributed by atoms with Crippen LogP contribution in [-0.4, -0.2) is 5.97 Å². The van der Waals surface area contributed by atoms with E-state index in [1.807, 2.05) is 0 Å². The summed E-state index contributed by atoms with van der Waals surface area (Å²) in [6, 6.07) is 9.05. The number of hydrogen-bond donors (Lipinski definition) is 0. The fourth-order valence-corrected chi connectivity index (χ4v) is 1.73. The van der Waals surface area contributed by atoms with Crippen molar-refractivity contribution in [2.45, 2.75) is 12.3 Å². The zero-order chi connectivity index (χ0) is 12.3. The van der Waals surface area contributed by atoms with Crippen molar-refractivity contribution < 1.29 is 18.7 Å². The Morgan fingerprint density at radius 2 is 2.00 bits per heavy atom. The Morgan fingerprint density at radius 3 is 2.53 bits per heavy atom. The predicted octanol–water partition coefficient (Wildman–Crippen LogP) is 1.69. The van der Waals surface area contributed by atoms with Gasteiger partial charge in [0, 0.05) is 18.3 Å². The molecule has 2 aromatic rings. The largest absolute Gasteiger partial charge is 0.550 e. The number of carboxylic acid groups (broad SMARTS) is 1. The van der Waals surface area contributed by atoms with Crippen molar-refractivity contribution in [1.29, 1.82) is 0 Å². The Balaban J connectivity index is 2.33. The van der Waals surface area contributed by atoms with Crippen molar-refractivity contribution in [2.75, 3.05) is 0 Å². The van der Waals surface area contributed by atoms with Gasteiger partial charge in [-0.15, -0.1) is 0 Å². The topological polar surface area (TPSA) is 53.3 Å². The third-order valence-corrected chi connectivity index (χ3v) is 2.53. The molecule has 0 radical (unpaired) electrons. The highest BCUT2D eigenvalue weighted by Crippen LogP contribution is 2.28. The lowest BCUT2D eigenvalue weighted by Crippen LogP contribution is -2.24. The van der Waals surface area contributed by atoms with Crippen molar-refractivity contribution in [3.05, 3.63) is 59.8 Å². The molecule has 0 saturated carbocycles. The van der Waals surface area contributed by atoms with Crippen LogP contribution in [0.4, 0.5) is 4.39 Å². The van der Waals surface area contributed by atoms with Gasteiger partial charge in [-0.3, -0.25) is 0 Å². The molecule has 1 aromatic carbocycles. The molecule has 17 heavy (non-hydrogen) atoms. The highest BCUT2D eigenvalue weighted by molar-refractivity contribution is 5.66. The van der Waals surface area contributed by atoms with Crippen LogP contribution in [0.1, 0.15) is 23.7 Å². The Labute approximate surface area is 97.5 Å². The van der Waals surface area contributed by atoms with Gasteiger partial charge in [0.25, 0.3) is 0 Å². The maximum atomic E-state index is 12.8. The molecule has 0 fully saturated rings. The fourth-order valence-electron chi connectivity index (χ4n) is 1.73. The van der Waals surface area contributed by atoms with E-state index < -0.39 is 11.9 Å². The van der Waals surface area contributed by atoms with Gasteiger partial charge in [-0.1, -0.05) is 12.1 Å². The number of rotatable bonds is 4. The van der Waals surface area contributed by atoms with Gasteiger partial charge in [-0.2, -0.15) is 0 Å². The summed E-state index contributed by atoms with van der Waals surface area (Å²) in [4.78, 5) is 10.7. The molecule has 4 heteroatoms. The van der Waals surface area contributed by atoms with Crippen LogP contribution in [-0.2, 0) is 4.79 Å². The molecule has 3 nitrogen and oxygen atoms in total. The molecular formula is C13H10FO3-. The van der Waals surface area contributed by atoms with Crippen molar-refractivity contribution in [3.63, 3.8) is 0 Å². The van der Waals surface area contributed by atoms with Gasteiger partial charge in [0.15, 0.2) is 0 Å². The summed E-state index contributed by atoms with van der Waals surface area (Å²) in [6.45, 7) is 0. The molecule has 1 heterocycles. The summed E-state index contributed by atoms with van der Waals surface area (Å²) < 4.78 is 18.0. The Kier molecular flexibility index (Phi) is 3.23. The number of benzene rings is 1. The molecule has 0 aliphatic heterocycles. The number of carboxylic acids is 1. The SMILES string of the molecule is O=C([O-])C[C@@H](c1ccc(F)cc1)c1ccco1. The molecule has 0 spiro atoms. The second-order valence-electron chi connectivity index (χ2n) is 3.70. The zero-order valence-corrected chi connectivity index (χ0v) is 8.93. The minimum Gasteiger partial charge on any atom is -0.550 e. The van der Waals surface area contributed by atoms with Gasteiger partial charge in [0.2, 0.25) is 0 Å². The van der Waals surface area contributed by atoms with Crippen LogP contribution in [0.15, 0.2) is 47.1 Å². The van der Waals surface area contributed by atoms with E-state index in [0.717, 1.165) is 0 Å². The standard InChI is InChI=1S/C13H11FO3/c14-10-5-3-9(4-6-10)11(8-13(15)16)12-2-1-7-17-12/h1-7,11H,8H2,(H,15,16)/p-1/t11-/m0/s1. The minimum absolute atomic E-state index is 0.195. The Morgan fingerprint density at radius 1 is 1.29 bits per heavy atom. The highest BCUT2D eigenvalue weighted by atomic mass is 19.1. The fraction of sp³-hybridized carbons (Fsp3) is 0.154. The van der Waals surface area contributed by atoms with Crippen LogP contribution >= 0.6 is 0 Å². The van der Waals surface area contributed by atoms with Crippen molar-refractivity contribution in [1.82, 2.24) is 0 Å². The van der Waals surface area contributed by atoms with Crippen molar-refractivity contribution in [2.24, 2.45) is 0 Å². The molecule has 0 aliphatic carbocycles. The number of halogens is 1. The number of furan rings is 1. The zero-order valence-electron chi connectivity index (χ0n) is 8.93. The number of aliphatic carboxylic acids is 1. The van der Waals surface area contributed by atoms with Crippen LogP contribution in [0.2, 0.25) is 0 Å². The molecule has 0 bridgehead atoms. The second kappa shape index (κ2) is 4.82. The minimum atomic E-state index is -1.17. The molecule has 0 amide bonds. The van der Waals surface area contributed by atoms with E-state index in [-0.39, 0.29) is 12.2 Å². The molecule has 2 rings (SSSR count). The van der Waals surface area contributed by atoms with Crippen LogP contribution in [0.5, 0.6) is 0 Å². The van der Waals surface area contributed by atoms with E-state index in [1.54, 1.807) is 24.3 Å². The maximum Gasteiger partial charge on any atom is 0.123 e. The summed E-state index contributed by atoms with van der Waals surface area (Å²) in [5.41, 5.74) is 0.686. The summed E-state index contributed by atoms with van der Waals surface area (Å²) in [6.07, 6.45) is 1.28. The number of hydrogen-bond acceptors (Lipinski definition) is 3. The van der Waals surface area contributed by atoms with Crippen LogP contribution in [0.25, 0.3) is 0 Å². The first kappa shape index (κ1) is 11.4. The first-order chi connectivity index (χ1) is 8.16. The normalized spacial score (nSPS) is 12.3. The lowest BCUT2D eigenvalue weighted by atomic mass is 9.93. The van der Waals surface area contributed by atoms with Gasteiger partial charge in [-0.05, 0) is 29.8 Å². The van der Waals surface area contributed by atoms with Gasteiger partial charge < -0.3 is 14.3 Å². The van der Waals surface area contributed by atoms with Gasteiger partial charge in [0.05, 0.1) is 6.26 Å². The highest BCUT2D eigenvalue weighted by Gasteiger charge is 2.17. The van der Waals surface area contributed by atoms with E-state index in [2.05, 4.69) is 0 Å². The smallest absolute Gasteiger partial charge is 0.123 e. The average Bonchev–Trinajstić information content (AvgIpc) is 2.80. The number of carbonyl (C=O) groups is 1. The maximum absolute atomic E-state index is 12.8. The molecule has 0 unspecified atom stereocenters. The van der Waals surface area contributed by atoms with Crippen LogP contribution in [0, 0.1) is 5.82 Å². The third-order valence-electron chi connectivity index (χ3n) is 2.53. The average molecular weight is 233 g/mol. The molecule has 0 saturated heterocycles. The molecule has 0 N–H and O–H groups in total.